The van der Waals surface area contributed by atoms with E-state index < -0.39 is 32.5 Å². The highest BCUT2D eigenvalue weighted by atomic mass is 31.2. The largest absolute Gasteiger partial charge is 0.472 e. The average molecular weight is 965 g/mol. The molecule has 10 heteroatoms. The molecule has 384 valence electrons. The van der Waals surface area contributed by atoms with E-state index in [1.807, 2.05) is 21.1 Å². The van der Waals surface area contributed by atoms with Crippen LogP contribution < -0.4 is 0 Å². The van der Waals surface area contributed by atoms with Crippen LogP contribution in [0.5, 0.6) is 0 Å². The van der Waals surface area contributed by atoms with E-state index >= 15 is 0 Å². The smallest absolute Gasteiger partial charge is 0.462 e. The van der Waals surface area contributed by atoms with Gasteiger partial charge in [-0.2, -0.15) is 0 Å². The molecule has 0 radical (unpaired) electrons. The van der Waals surface area contributed by atoms with Gasteiger partial charge in [-0.25, -0.2) is 4.57 Å². The third kappa shape index (κ3) is 51.5. The van der Waals surface area contributed by atoms with Crippen LogP contribution in [-0.4, -0.2) is 74.9 Å². The van der Waals surface area contributed by atoms with Crippen molar-refractivity contribution in [1.29, 1.82) is 0 Å². The lowest BCUT2D eigenvalue weighted by atomic mass is 10.1. The zero-order valence-electron chi connectivity index (χ0n) is 43.3. The van der Waals surface area contributed by atoms with Gasteiger partial charge in [0.25, 0.3) is 0 Å². The monoisotopic (exact) mass is 965 g/mol. The van der Waals surface area contributed by atoms with Crippen LogP contribution in [0.25, 0.3) is 0 Å². The molecule has 0 aromatic carbocycles. The first-order valence-corrected chi connectivity index (χ1v) is 27.4. The number of phosphoric acid groups is 1. The topological polar surface area (TPSA) is 108 Å². The molecule has 0 heterocycles. The molecule has 0 aromatic rings. The molecule has 9 nitrogen and oxygen atoms in total. The molecule has 0 fully saturated rings. The van der Waals surface area contributed by atoms with Gasteiger partial charge in [0.05, 0.1) is 27.7 Å². The van der Waals surface area contributed by atoms with Crippen LogP contribution in [0, 0.1) is 0 Å². The van der Waals surface area contributed by atoms with Gasteiger partial charge in [-0.3, -0.25) is 18.6 Å². The van der Waals surface area contributed by atoms with Crippen LogP contribution >= 0.6 is 7.82 Å². The third-order valence-electron chi connectivity index (χ3n) is 10.2. The Morgan fingerprint density at radius 3 is 1.19 bits per heavy atom. The lowest BCUT2D eigenvalue weighted by molar-refractivity contribution is -0.870. The van der Waals surface area contributed by atoms with Crippen molar-refractivity contribution >= 4 is 19.8 Å². The number of carbonyl (C=O) groups is 2. The molecule has 68 heavy (non-hydrogen) atoms. The zero-order chi connectivity index (χ0) is 49.9. The van der Waals surface area contributed by atoms with Gasteiger partial charge in [0, 0.05) is 12.8 Å². The Labute approximate surface area is 415 Å². The van der Waals surface area contributed by atoms with Crippen molar-refractivity contribution in [3.63, 3.8) is 0 Å². The van der Waals surface area contributed by atoms with Crippen molar-refractivity contribution < 1.29 is 42.1 Å². The number of phosphoric ester groups is 1. The maximum absolute atomic E-state index is 12.8. The fourth-order valence-corrected chi connectivity index (χ4v) is 6.96. The first kappa shape index (κ1) is 64.2. The number of esters is 2. The van der Waals surface area contributed by atoms with Crippen LogP contribution in [0.1, 0.15) is 168 Å². The second kappa shape index (κ2) is 48.2. The van der Waals surface area contributed by atoms with E-state index in [9.17, 15) is 19.0 Å². The van der Waals surface area contributed by atoms with Gasteiger partial charge >= 0.3 is 19.8 Å². The third-order valence-corrected chi connectivity index (χ3v) is 11.2. The molecule has 0 rings (SSSR count). The van der Waals surface area contributed by atoms with E-state index in [0.717, 1.165) is 128 Å². The Hall–Kier alpha value is -3.85. The summed E-state index contributed by atoms with van der Waals surface area (Å²) in [4.78, 5) is 35.6. The number of ether oxygens (including phenoxy) is 2. The Bertz CT molecular complexity index is 1610. The summed E-state index contributed by atoms with van der Waals surface area (Å²) in [6, 6.07) is 0. The van der Waals surface area contributed by atoms with Crippen molar-refractivity contribution in [2.24, 2.45) is 0 Å². The van der Waals surface area contributed by atoms with Gasteiger partial charge in [0.15, 0.2) is 6.10 Å². The molecule has 0 bridgehead atoms. The molecule has 0 aliphatic heterocycles. The van der Waals surface area contributed by atoms with Crippen LogP contribution in [0.3, 0.4) is 0 Å². The van der Waals surface area contributed by atoms with Gasteiger partial charge in [-0.15, -0.1) is 0 Å². The molecule has 0 aliphatic carbocycles. The van der Waals surface area contributed by atoms with Gasteiger partial charge in [0.2, 0.25) is 0 Å². The number of unbranched alkanes of at least 4 members (excludes halogenated alkanes) is 9. The SMILES string of the molecule is CC/C=C\C/C=C\C/C=C\C/C=C\C/C=C\C/C=C\CCCCCCCCC(=O)OC(COC(=O)CCCCC/C=C\C/C=C\C/C=C\C/C=C\C/C=C\CC)COP(=O)(O)OCC[N+](C)(C)C. The first-order chi connectivity index (χ1) is 33.0. The van der Waals surface area contributed by atoms with Crippen LogP contribution in [0.4, 0.5) is 0 Å². The summed E-state index contributed by atoms with van der Waals surface area (Å²) in [5, 5.41) is 0. The molecular formula is C58H95NO8P+. The molecule has 0 amide bonds. The number of carbonyl (C=O) groups excluding carboxylic acids is 2. The average Bonchev–Trinajstić information content (AvgIpc) is 3.30. The summed E-state index contributed by atoms with van der Waals surface area (Å²) in [6.45, 7) is 4.11. The second-order valence-corrected chi connectivity index (χ2v) is 19.2. The molecule has 0 saturated carbocycles. The quantitative estimate of drug-likeness (QED) is 0.0211. The number of allylic oxidation sites excluding steroid dienone is 22. The summed E-state index contributed by atoms with van der Waals surface area (Å²) < 4.78 is 34.4. The number of hydrogen-bond acceptors (Lipinski definition) is 7. The van der Waals surface area contributed by atoms with Crippen molar-refractivity contribution in [2.45, 2.75) is 174 Å². The number of quaternary nitrogens is 1. The molecular weight excluding hydrogens is 870 g/mol. The predicted molar refractivity (Wildman–Crippen MR) is 288 cm³/mol. The number of rotatable bonds is 45. The lowest BCUT2D eigenvalue weighted by Crippen LogP contribution is -2.37. The van der Waals surface area contributed by atoms with Gasteiger partial charge < -0.3 is 18.9 Å². The van der Waals surface area contributed by atoms with Crippen molar-refractivity contribution in [2.75, 3.05) is 47.5 Å². The molecule has 0 aromatic heterocycles. The number of hydrogen-bond donors (Lipinski definition) is 1. The van der Waals surface area contributed by atoms with Crippen LogP contribution in [-0.2, 0) is 32.7 Å². The highest BCUT2D eigenvalue weighted by Gasteiger charge is 2.27. The number of likely N-dealkylation sites (N-methyl/N-ethyl adjacent to an activating group) is 1. The van der Waals surface area contributed by atoms with Crippen LogP contribution in [0.2, 0.25) is 0 Å². The predicted octanol–water partition coefficient (Wildman–Crippen LogP) is 15.8. The van der Waals surface area contributed by atoms with Gasteiger partial charge in [-0.1, -0.05) is 180 Å². The Morgan fingerprint density at radius 1 is 0.456 bits per heavy atom. The molecule has 1 N–H and O–H groups in total. The maximum atomic E-state index is 12.8. The highest BCUT2D eigenvalue weighted by molar-refractivity contribution is 7.47. The van der Waals surface area contributed by atoms with E-state index in [2.05, 4.69) is 148 Å². The second-order valence-electron chi connectivity index (χ2n) is 17.8. The Kier molecular flexibility index (Phi) is 45.5. The Morgan fingerprint density at radius 2 is 0.794 bits per heavy atom. The van der Waals surface area contributed by atoms with E-state index in [4.69, 9.17) is 18.5 Å². The summed E-state index contributed by atoms with van der Waals surface area (Å²) in [5.41, 5.74) is 0. The molecule has 2 atom stereocenters. The van der Waals surface area contributed by atoms with Crippen molar-refractivity contribution in [3.05, 3.63) is 134 Å². The fourth-order valence-electron chi connectivity index (χ4n) is 6.22. The highest BCUT2D eigenvalue weighted by Crippen LogP contribution is 2.43. The number of nitrogens with zero attached hydrogens (tertiary/aromatic N) is 1. The van der Waals surface area contributed by atoms with Crippen molar-refractivity contribution in [3.8, 4) is 0 Å². The fraction of sp³-hybridized carbons (Fsp3) is 0.586. The van der Waals surface area contributed by atoms with E-state index in [-0.39, 0.29) is 26.1 Å². The minimum atomic E-state index is -4.41. The summed E-state index contributed by atoms with van der Waals surface area (Å²) in [5.74, 6) is -0.866. The van der Waals surface area contributed by atoms with Gasteiger partial charge in [-0.05, 0) is 109 Å². The minimum Gasteiger partial charge on any atom is -0.462 e. The zero-order valence-corrected chi connectivity index (χ0v) is 44.2. The molecule has 2 unspecified atom stereocenters. The molecule has 0 aliphatic rings. The van der Waals surface area contributed by atoms with E-state index in [0.29, 0.717) is 23.9 Å². The standard InChI is InChI=1S/C58H94NO8P/c1-6-8-10-12-14-16-18-20-22-24-26-27-28-29-30-31-33-35-37-39-41-43-45-47-49-51-58(61)67-56(55-66-68(62,63)65-53-52-59(3,4)5)54-64-57(60)50-48-46-44-42-40-38-36-34-32-25-23-21-19-17-15-13-11-9-7-2/h8-11,14-17,20-23,26-27,29-30,32-35,38,40,56H,6-7,12-13,18-19,24-25,28,31,36-37,39,41-55H2,1-5H3/p+1/b10-8-,11-9-,16-14-,17-15-,22-20-,23-21-,27-26-,30-29-,34-32-,35-33-,40-38-. The normalized spacial score (nSPS) is 14.5. The maximum Gasteiger partial charge on any atom is 0.472 e. The van der Waals surface area contributed by atoms with Crippen molar-refractivity contribution in [1.82, 2.24) is 0 Å². The molecule has 0 spiro atoms. The first-order valence-electron chi connectivity index (χ1n) is 25.9. The van der Waals surface area contributed by atoms with Gasteiger partial charge in [0.1, 0.15) is 19.8 Å². The van der Waals surface area contributed by atoms with E-state index in [1.165, 1.54) is 0 Å². The Balaban J connectivity index is 4.38. The summed E-state index contributed by atoms with van der Waals surface area (Å²) >= 11 is 0. The van der Waals surface area contributed by atoms with E-state index in [1.54, 1.807) is 0 Å². The van der Waals surface area contributed by atoms with Crippen LogP contribution in [0.15, 0.2) is 134 Å². The molecule has 0 saturated heterocycles. The minimum absolute atomic E-state index is 0.0142. The summed E-state index contributed by atoms with van der Waals surface area (Å²) in [7, 11) is 1.42. The lowest BCUT2D eigenvalue weighted by Gasteiger charge is -2.24. The summed E-state index contributed by atoms with van der Waals surface area (Å²) in [6.07, 6.45) is 69.3.